The van der Waals surface area contributed by atoms with Gasteiger partial charge in [-0.1, -0.05) is 0 Å². The Morgan fingerprint density at radius 3 is 2.79 bits per heavy atom. The Balaban J connectivity index is 2.76. The van der Waals surface area contributed by atoms with Crippen molar-refractivity contribution in [1.29, 1.82) is 0 Å². The van der Waals surface area contributed by atoms with Gasteiger partial charge in [0.05, 0.1) is 11.3 Å². The lowest BCUT2D eigenvalue weighted by molar-refractivity contribution is 0.0481. The molecule has 0 unspecified atom stereocenters. The van der Waals surface area contributed by atoms with Gasteiger partial charge in [-0.2, -0.15) is 0 Å². The fourth-order valence-electron chi connectivity index (χ4n) is 0.885. The van der Waals surface area contributed by atoms with Crippen LogP contribution >= 0.6 is 0 Å². The van der Waals surface area contributed by atoms with E-state index in [9.17, 15) is 13.6 Å². The molecule has 0 atom stereocenters. The predicted octanol–water partition coefficient (Wildman–Crippen LogP) is 1.53. The Morgan fingerprint density at radius 2 is 2.21 bits per heavy atom. The Morgan fingerprint density at radius 1 is 1.50 bits per heavy atom. The molecule has 0 fully saturated rings. The first-order valence-electron chi connectivity index (χ1n) is 3.93. The van der Waals surface area contributed by atoms with Gasteiger partial charge in [0.2, 0.25) is 0 Å². The van der Waals surface area contributed by atoms with Crippen molar-refractivity contribution in [3.63, 3.8) is 0 Å². The van der Waals surface area contributed by atoms with Crippen molar-refractivity contribution in [3.05, 3.63) is 29.6 Å². The fourth-order valence-corrected chi connectivity index (χ4v) is 0.885. The molecule has 3 nitrogen and oxygen atoms in total. The molecule has 0 aliphatic heterocycles. The van der Waals surface area contributed by atoms with E-state index in [1.807, 2.05) is 0 Å². The van der Waals surface area contributed by atoms with E-state index in [0.29, 0.717) is 0 Å². The van der Waals surface area contributed by atoms with Gasteiger partial charge in [0.15, 0.2) is 0 Å². The van der Waals surface area contributed by atoms with Crippen LogP contribution in [-0.4, -0.2) is 19.3 Å². The molecule has 2 N–H and O–H groups in total. The highest BCUT2D eigenvalue weighted by molar-refractivity contribution is 5.90. The number of hydrogen-bond acceptors (Lipinski definition) is 3. The van der Waals surface area contributed by atoms with E-state index in [0.717, 1.165) is 12.1 Å². The molecule has 1 aromatic rings. The molecule has 0 aliphatic rings. The number of carbonyl (C=O) groups excluding carboxylic acids is 1. The summed E-state index contributed by atoms with van der Waals surface area (Å²) in [6.45, 7) is -1.06. The molecular formula is C9H9F2NO2. The van der Waals surface area contributed by atoms with E-state index >= 15 is 0 Å². The number of esters is 1. The Hall–Kier alpha value is -1.65. The summed E-state index contributed by atoms with van der Waals surface area (Å²) in [5, 5.41) is 0. The highest BCUT2D eigenvalue weighted by Gasteiger charge is 2.08. The number of carbonyl (C=O) groups is 1. The average molecular weight is 201 g/mol. The van der Waals surface area contributed by atoms with Crippen LogP contribution in [0.5, 0.6) is 0 Å². The highest BCUT2D eigenvalue weighted by Crippen LogP contribution is 2.12. The second-order valence-corrected chi connectivity index (χ2v) is 2.56. The lowest BCUT2D eigenvalue weighted by atomic mass is 10.2. The van der Waals surface area contributed by atoms with Crippen LogP contribution < -0.4 is 5.73 Å². The Kier molecular flexibility index (Phi) is 3.39. The van der Waals surface area contributed by atoms with Gasteiger partial charge in [0.1, 0.15) is 19.1 Å². The highest BCUT2D eigenvalue weighted by atomic mass is 19.1. The van der Waals surface area contributed by atoms with E-state index in [1.54, 1.807) is 0 Å². The van der Waals surface area contributed by atoms with Gasteiger partial charge in [-0.3, -0.25) is 0 Å². The molecule has 5 heteroatoms. The summed E-state index contributed by atoms with van der Waals surface area (Å²) in [4.78, 5) is 11.1. The second-order valence-electron chi connectivity index (χ2n) is 2.56. The first-order chi connectivity index (χ1) is 6.65. The van der Waals surface area contributed by atoms with E-state index in [4.69, 9.17) is 5.73 Å². The van der Waals surface area contributed by atoms with E-state index < -0.39 is 18.5 Å². The van der Waals surface area contributed by atoms with Crippen LogP contribution in [0.3, 0.4) is 0 Å². The van der Waals surface area contributed by atoms with Gasteiger partial charge in [-0.15, -0.1) is 0 Å². The molecule has 0 saturated heterocycles. The monoisotopic (exact) mass is 201 g/mol. The molecule has 0 aliphatic carbocycles. The molecule has 1 aromatic carbocycles. The van der Waals surface area contributed by atoms with Gasteiger partial charge in [-0.25, -0.2) is 13.6 Å². The quantitative estimate of drug-likeness (QED) is 0.596. The third-order valence-corrected chi connectivity index (χ3v) is 1.54. The normalized spacial score (nSPS) is 9.86. The first-order valence-corrected chi connectivity index (χ1v) is 3.93. The second kappa shape index (κ2) is 4.55. The lowest BCUT2D eigenvalue weighted by Gasteiger charge is -2.03. The number of halogens is 2. The summed E-state index contributed by atoms with van der Waals surface area (Å²) in [5.74, 6) is -1.32. The molecule has 0 amide bonds. The number of benzene rings is 1. The van der Waals surface area contributed by atoms with E-state index in [2.05, 4.69) is 4.74 Å². The maximum Gasteiger partial charge on any atom is 0.338 e. The molecule has 76 valence electrons. The van der Waals surface area contributed by atoms with Crippen LogP contribution in [0.25, 0.3) is 0 Å². The standard InChI is InChI=1S/C9H9F2NO2/c10-3-4-14-9(13)6-1-2-7(11)8(12)5-6/h1-2,5H,3-4,12H2. The number of alkyl halides is 1. The Labute approximate surface area is 79.5 Å². The number of nitrogens with two attached hydrogens (primary N) is 1. The largest absolute Gasteiger partial charge is 0.459 e. The zero-order chi connectivity index (χ0) is 10.6. The third-order valence-electron chi connectivity index (χ3n) is 1.54. The minimum absolute atomic E-state index is 0.109. The van der Waals surface area contributed by atoms with Crippen molar-refractivity contribution in [2.24, 2.45) is 0 Å². The van der Waals surface area contributed by atoms with Crippen molar-refractivity contribution in [3.8, 4) is 0 Å². The van der Waals surface area contributed by atoms with Gasteiger partial charge in [0.25, 0.3) is 0 Å². The summed E-state index contributed by atoms with van der Waals surface area (Å²) in [7, 11) is 0. The van der Waals surface area contributed by atoms with E-state index in [-0.39, 0.29) is 17.9 Å². The zero-order valence-electron chi connectivity index (χ0n) is 7.30. The fraction of sp³-hybridized carbons (Fsp3) is 0.222. The first kappa shape index (κ1) is 10.4. The number of rotatable bonds is 3. The molecule has 0 aromatic heterocycles. The molecule has 0 heterocycles. The summed E-state index contributed by atoms with van der Waals surface area (Å²) in [5.41, 5.74) is 5.20. The van der Waals surface area contributed by atoms with Crippen molar-refractivity contribution in [1.82, 2.24) is 0 Å². The van der Waals surface area contributed by atoms with Gasteiger partial charge < -0.3 is 10.5 Å². The number of ether oxygens (including phenoxy) is 1. The average Bonchev–Trinajstić information content (AvgIpc) is 2.18. The SMILES string of the molecule is Nc1cc(C(=O)OCCF)ccc1F. The molecule has 0 saturated carbocycles. The van der Waals surface area contributed by atoms with Gasteiger partial charge in [-0.05, 0) is 18.2 Å². The number of hydrogen-bond donors (Lipinski definition) is 1. The van der Waals surface area contributed by atoms with Crippen LogP contribution in [0.2, 0.25) is 0 Å². The Bertz CT molecular complexity index is 342. The van der Waals surface area contributed by atoms with Crippen LogP contribution in [-0.2, 0) is 4.74 Å². The smallest absolute Gasteiger partial charge is 0.338 e. The van der Waals surface area contributed by atoms with E-state index in [1.165, 1.54) is 6.07 Å². The predicted molar refractivity (Wildman–Crippen MR) is 47.1 cm³/mol. The molecule has 14 heavy (non-hydrogen) atoms. The summed E-state index contributed by atoms with van der Waals surface area (Å²) < 4.78 is 28.8. The third kappa shape index (κ3) is 2.42. The van der Waals surface area contributed by atoms with Gasteiger partial charge >= 0.3 is 5.97 Å². The van der Waals surface area contributed by atoms with Gasteiger partial charge in [0, 0.05) is 0 Å². The molecular weight excluding hydrogens is 192 g/mol. The molecule has 0 bridgehead atoms. The maximum atomic E-state index is 12.7. The molecule has 0 spiro atoms. The topological polar surface area (TPSA) is 52.3 Å². The summed E-state index contributed by atoms with van der Waals surface area (Å²) in [6.07, 6.45) is 0. The van der Waals surface area contributed by atoms with Crippen LogP contribution in [0, 0.1) is 5.82 Å². The van der Waals surface area contributed by atoms with Crippen LogP contribution in [0.15, 0.2) is 18.2 Å². The lowest BCUT2D eigenvalue weighted by Crippen LogP contribution is -2.08. The number of nitrogen functional groups attached to an aromatic ring is 1. The van der Waals surface area contributed by atoms with Crippen molar-refractivity contribution in [2.45, 2.75) is 0 Å². The summed E-state index contributed by atoms with van der Waals surface area (Å²) in [6, 6.07) is 3.43. The zero-order valence-corrected chi connectivity index (χ0v) is 7.30. The molecule has 0 radical (unpaired) electrons. The minimum Gasteiger partial charge on any atom is -0.459 e. The van der Waals surface area contributed by atoms with Crippen LogP contribution in [0.1, 0.15) is 10.4 Å². The van der Waals surface area contributed by atoms with Crippen molar-refractivity contribution >= 4 is 11.7 Å². The van der Waals surface area contributed by atoms with Crippen LogP contribution in [0.4, 0.5) is 14.5 Å². The molecule has 1 rings (SSSR count). The summed E-state index contributed by atoms with van der Waals surface area (Å²) >= 11 is 0. The minimum atomic E-state index is -0.748. The number of anilines is 1. The van der Waals surface area contributed by atoms with Crippen molar-refractivity contribution < 1.29 is 18.3 Å². The van der Waals surface area contributed by atoms with Crippen molar-refractivity contribution in [2.75, 3.05) is 19.0 Å². The maximum absolute atomic E-state index is 12.7.